The van der Waals surface area contributed by atoms with E-state index in [1.54, 1.807) is 0 Å². The van der Waals surface area contributed by atoms with Crippen LogP contribution in [-0.4, -0.2) is 62.1 Å². The summed E-state index contributed by atoms with van der Waals surface area (Å²) >= 11 is 0. The van der Waals surface area contributed by atoms with Crippen molar-refractivity contribution in [1.82, 2.24) is 24.1 Å². The van der Waals surface area contributed by atoms with E-state index in [0.29, 0.717) is 37.4 Å². The zero-order valence-corrected chi connectivity index (χ0v) is 16.9. The standard InChI is InChI=1S/C23H25N5O2/c29-22(18-6-8-19(9-7-18)25-10-3-4-11-25)26-13-15-27(16-14-26)23(30)21-17-20-5-1-2-12-28(20)24-21/h3-4,6-11,17H,1-2,5,12-16H2. The van der Waals surface area contributed by atoms with Gasteiger partial charge in [-0.1, -0.05) is 0 Å². The first-order valence-electron chi connectivity index (χ1n) is 10.6. The van der Waals surface area contributed by atoms with Crippen molar-refractivity contribution in [2.75, 3.05) is 26.2 Å². The van der Waals surface area contributed by atoms with Crippen molar-refractivity contribution in [2.24, 2.45) is 0 Å². The van der Waals surface area contributed by atoms with Crippen LogP contribution < -0.4 is 0 Å². The van der Waals surface area contributed by atoms with Crippen molar-refractivity contribution < 1.29 is 9.59 Å². The van der Waals surface area contributed by atoms with Crippen molar-refractivity contribution in [3.8, 4) is 5.69 Å². The van der Waals surface area contributed by atoms with Gasteiger partial charge in [0.2, 0.25) is 0 Å². The summed E-state index contributed by atoms with van der Waals surface area (Å²) in [5, 5.41) is 4.50. The Labute approximate surface area is 175 Å². The van der Waals surface area contributed by atoms with E-state index >= 15 is 0 Å². The first-order valence-corrected chi connectivity index (χ1v) is 10.6. The van der Waals surface area contributed by atoms with Gasteiger partial charge in [-0.3, -0.25) is 14.3 Å². The van der Waals surface area contributed by atoms with E-state index in [1.165, 1.54) is 0 Å². The Morgan fingerprint density at radius 3 is 2.13 bits per heavy atom. The number of aromatic nitrogens is 3. The van der Waals surface area contributed by atoms with Crippen LogP contribution >= 0.6 is 0 Å². The number of fused-ring (bicyclic) bond motifs is 1. The van der Waals surface area contributed by atoms with Gasteiger partial charge in [-0.15, -0.1) is 0 Å². The fraction of sp³-hybridized carbons (Fsp3) is 0.348. The van der Waals surface area contributed by atoms with Gasteiger partial charge in [0.15, 0.2) is 5.69 Å². The molecule has 2 aliphatic heterocycles. The molecule has 1 saturated heterocycles. The van der Waals surface area contributed by atoms with Gasteiger partial charge in [-0.2, -0.15) is 5.10 Å². The van der Waals surface area contributed by atoms with E-state index < -0.39 is 0 Å². The molecule has 0 radical (unpaired) electrons. The van der Waals surface area contributed by atoms with Crippen molar-refractivity contribution in [3.63, 3.8) is 0 Å². The third-order valence-corrected chi connectivity index (χ3v) is 6.01. The predicted molar refractivity (Wildman–Crippen MR) is 113 cm³/mol. The highest BCUT2D eigenvalue weighted by Crippen LogP contribution is 2.18. The lowest BCUT2D eigenvalue weighted by atomic mass is 10.1. The lowest BCUT2D eigenvalue weighted by Gasteiger charge is -2.34. The first-order chi connectivity index (χ1) is 14.7. The van der Waals surface area contributed by atoms with Crippen LogP contribution in [0.1, 0.15) is 39.4 Å². The number of nitrogens with zero attached hydrogens (tertiary/aromatic N) is 5. The zero-order valence-electron chi connectivity index (χ0n) is 16.9. The molecule has 7 heteroatoms. The Balaban J connectivity index is 1.20. The van der Waals surface area contributed by atoms with Gasteiger partial charge in [0.1, 0.15) is 0 Å². The van der Waals surface area contributed by atoms with Crippen molar-refractivity contribution in [1.29, 1.82) is 0 Å². The fourth-order valence-corrected chi connectivity index (χ4v) is 4.26. The van der Waals surface area contributed by atoms with Crippen LogP contribution in [0.2, 0.25) is 0 Å². The maximum Gasteiger partial charge on any atom is 0.274 e. The summed E-state index contributed by atoms with van der Waals surface area (Å²) in [7, 11) is 0. The molecule has 0 N–H and O–H groups in total. The van der Waals surface area contributed by atoms with Crippen LogP contribution in [-0.2, 0) is 13.0 Å². The maximum atomic E-state index is 12.9. The number of piperazine rings is 1. The highest BCUT2D eigenvalue weighted by Gasteiger charge is 2.27. The van der Waals surface area contributed by atoms with Gasteiger partial charge in [0, 0.05) is 62.1 Å². The molecule has 0 saturated carbocycles. The van der Waals surface area contributed by atoms with E-state index in [9.17, 15) is 9.59 Å². The summed E-state index contributed by atoms with van der Waals surface area (Å²) in [4.78, 5) is 29.4. The minimum atomic E-state index is -0.0277. The molecule has 0 aliphatic carbocycles. The molecule has 5 rings (SSSR count). The molecule has 0 bridgehead atoms. The van der Waals surface area contributed by atoms with E-state index in [1.807, 2.05) is 73.9 Å². The van der Waals surface area contributed by atoms with E-state index in [0.717, 1.165) is 37.2 Å². The zero-order chi connectivity index (χ0) is 20.5. The SMILES string of the molecule is O=C(c1ccc(-n2cccc2)cc1)N1CCN(C(=O)c2cc3n(n2)CCCC3)CC1. The Hall–Kier alpha value is -3.35. The molecule has 2 aliphatic rings. The topological polar surface area (TPSA) is 63.4 Å². The van der Waals surface area contributed by atoms with E-state index in [4.69, 9.17) is 0 Å². The lowest BCUT2D eigenvalue weighted by Crippen LogP contribution is -2.50. The average molecular weight is 403 g/mol. The van der Waals surface area contributed by atoms with Crippen molar-refractivity contribution in [3.05, 3.63) is 71.8 Å². The highest BCUT2D eigenvalue weighted by molar-refractivity contribution is 5.95. The molecule has 3 aromatic rings. The summed E-state index contributed by atoms with van der Waals surface area (Å²) in [6.07, 6.45) is 7.22. The highest BCUT2D eigenvalue weighted by atomic mass is 16.2. The number of hydrogen-bond donors (Lipinski definition) is 0. The van der Waals surface area contributed by atoms with Gasteiger partial charge >= 0.3 is 0 Å². The molecular formula is C23H25N5O2. The second-order valence-electron chi connectivity index (χ2n) is 7.92. The number of aryl methyl sites for hydroxylation is 2. The Bertz CT molecular complexity index is 1020. The first kappa shape index (κ1) is 18.7. The molecule has 2 aromatic heterocycles. The molecule has 0 atom stereocenters. The normalized spacial score (nSPS) is 16.4. The van der Waals surface area contributed by atoms with Gasteiger partial charge in [-0.05, 0) is 61.7 Å². The monoisotopic (exact) mass is 403 g/mol. The van der Waals surface area contributed by atoms with Gasteiger partial charge in [0.25, 0.3) is 11.8 Å². The third kappa shape index (κ3) is 3.51. The van der Waals surface area contributed by atoms with Crippen LogP contribution in [0.4, 0.5) is 0 Å². The predicted octanol–water partition coefficient (Wildman–Crippen LogP) is 2.61. The van der Waals surface area contributed by atoms with Gasteiger partial charge in [0.05, 0.1) is 0 Å². The second kappa shape index (κ2) is 7.82. The van der Waals surface area contributed by atoms with Crippen LogP contribution in [0, 0.1) is 0 Å². The molecule has 4 heterocycles. The van der Waals surface area contributed by atoms with Crippen LogP contribution in [0.25, 0.3) is 5.69 Å². The average Bonchev–Trinajstić information content (AvgIpc) is 3.48. The summed E-state index contributed by atoms with van der Waals surface area (Å²) in [5.74, 6) is -0.0151. The smallest absolute Gasteiger partial charge is 0.274 e. The Morgan fingerprint density at radius 1 is 0.800 bits per heavy atom. The lowest BCUT2D eigenvalue weighted by molar-refractivity contribution is 0.0532. The van der Waals surface area contributed by atoms with Crippen LogP contribution in [0.3, 0.4) is 0 Å². The number of hydrogen-bond acceptors (Lipinski definition) is 3. The van der Waals surface area contributed by atoms with Crippen LogP contribution in [0.5, 0.6) is 0 Å². The molecule has 0 spiro atoms. The minimum Gasteiger partial charge on any atom is -0.335 e. The van der Waals surface area contributed by atoms with Crippen molar-refractivity contribution >= 4 is 11.8 Å². The molecular weight excluding hydrogens is 378 g/mol. The molecule has 1 aromatic carbocycles. The van der Waals surface area contributed by atoms with Gasteiger partial charge < -0.3 is 14.4 Å². The Morgan fingerprint density at radius 2 is 1.47 bits per heavy atom. The van der Waals surface area contributed by atoms with E-state index in [2.05, 4.69) is 5.10 Å². The number of rotatable bonds is 3. The molecule has 1 fully saturated rings. The quantitative estimate of drug-likeness (QED) is 0.675. The van der Waals surface area contributed by atoms with Crippen LogP contribution in [0.15, 0.2) is 54.9 Å². The molecule has 154 valence electrons. The second-order valence-corrected chi connectivity index (χ2v) is 7.92. The third-order valence-electron chi connectivity index (χ3n) is 6.01. The molecule has 7 nitrogen and oxygen atoms in total. The number of carbonyl (C=O) groups is 2. The summed E-state index contributed by atoms with van der Waals surface area (Å²) in [6.45, 7) is 3.05. The summed E-state index contributed by atoms with van der Waals surface area (Å²) < 4.78 is 3.97. The molecule has 30 heavy (non-hydrogen) atoms. The molecule has 2 amide bonds. The maximum absolute atomic E-state index is 12.9. The molecule has 0 unspecified atom stereocenters. The number of amides is 2. The van der Waals surface area contributed by atoms with Gasteiger partial charge in [-0.25, -0.2) is 0 Å². The fourth-order valence-electron chi connectivity index (χ4n) is 4.26. The summed E-state index contributed by atoms with van der Waals surface area (Å²) in [6, 6.07) is 13.5. The number of benzene rings is 1. The summed E-state index contributed by atoms with van der Waals surface area (Å²) in [5.41, 5.74) is 3.39. The van der Waals surface area contributed by atoms with Crippen molar-refractivity contribution in [2.45, 2.75) is 25.8 Å². The number of carbonyl (C=O) groups excluding carboxylic acids is 2. The van der Waals surface area contributed by atoms with E-state index in [-0.39, 0.29) is 11.8 Å². The largest absolute Gasteiger partial charge is 0.335 e. The minimum absolute atomic E-state index is 0.0126. The Kier molecular flexibility index (Phi) is 4.86.